The van der Waals surface area contributed by atoms with E-state index in [1.165, 1.54) is 57.8 Å². The minimum Gasteiger partial charge on any atom is -0.481 e. The first-order valence-electron chi connectivity index (χ1n) is 8.12. The standard InChI is InChI=1S/C13H28O2.C3H6O2/c14-12-10-8-6-4-2-1-3-5-7-9-11-13-15;1-2-3(4)5/h14-15H,1-13H2;2H2,1H3,(H,4,5). The van der Waals surface area contributed by atoms with E-state index in [4.69, 9.17) is 15.3 Å². The molecule has 0 aliphatic heterocycles. The molecule has 122 valence electrons. The van der Waals surface area contributed by atoms with Crippen LogP contribution < -0.4 is 0 Å². The molecule has 0 amide bonds. The molecule has 0 heterocycles. The maximum absolute atomic E-state index is 9.37. The number of aliphatic carboxylic acids is 1. The first-order chi connectivity index (χ1) is 9.68. The molecule has 0 radical (unpaired) electrons. The summed E-state index contributed by atoms with van der Waals surface area (Å²) in [6, 6.07) is 0. The third-order valence-electron chi connectivity index (χ3n) is 3.12. The lowest BCUT2D eigenvalue weighted by Crippen LogP contribution is -1.86. The van der Waals surface area contributed by atoms with Crippen LogP contribution in [0.3, 0.4) is 0 Å². The lowest BCUT2D eigenvalue weighted by molar-refractivity contribution is -0.136. The van der Waals surface area contributed by atoms with Crippen molar-refractivity contribution in [2.75, 3.05) is 13.2 Å². The van der Waals surface area contributed by atoms with Crippen molar-refractivity contribution in [3.63, 3.8) is 0 Å². The van der Waals surface area contributed by atoms with Crippen molar-refractivity contribution in [1.82, 2.24) is 0 Å². The van der Waals surface area contributed by atoms with E-state index in [1.807, 2.05) is 0 Å². The van der Waals surface area contributed by atoms with Gasteiger partial charge in [-0.05, 0) is 12.8 Å². The fourth-order valence-corrected chi connectivity index (χ4v) is 1.81. The van der Waals surface area contributed by atoms with Crippen molar-refractivity contribution in [2.45, 2.75) is 84.0 Å². The summed E-state index contributed by atoms with van der Waals surface area (Å²) in [6.45, 7) is 2.30. The van der Waals surface area contributed by atoms with Crippen molar-refractivity contribution >= 4 is 5.97 Å². The number of aliphatic hydroxyl groups excluding tert-OH is 2. The highest BCUT2D eigenvalue weighted by molar-refractivity contribution is 5.66. The highest BCUT2D eigenvalue weighted by atomic mass is 16.4. The molecule has 0 saturated heterocycles. The number of hydrogen-bond donors (Lipinski definition) is 3. The van der Waals surface area contributed by atoms with Crippen LogP contribution in [-0.2, 0) is 4.79 Å². The average molecular weight is 290 g/mol. The Bertz CT molecular complexity index is 171. The Hall–Kier alpha value is -0.610. The average Bonchev–Trinajstić information content (AvgIpc) is 2.45. The largest absolute Gasteiger partial charge is 0.481 e. The van der Waals surface area contributed by atoms with Crippen LogP contribution in [0.2, 0.25) is 0 Å². The van der Waals surface area contributed by atoms with Gasteiger partial charge in [-0.3, -0.25) is 4.79 Å². The molecule has 0 saturated carbocycles. The van der Waals surface area contributed by atoms with Crippen LogP contribution in [0.1, 0.15) is 84.0 Å². The molecule has 0 spiro atoms. The molecule has 0 fully saturated rings. The quantitative estimate of drug-likeness (QED) is 0.451. The van der Waals surface area contributed by atoms with Crippen LogP contribution >= 0.6 is 0 Å². The van der Waals surface area contributed by atoms with Gasteiger partial charge in [-0.25, -0.2) is 0 Å². The first kappa shape index (κ1) is 21.7. The molecular formula is C16H34O4. The lowest BCUT2D eigenvalue weighted by atomic mass is 10.1. The summed E-state index contributed by atoms with van der Waals surface area (Å²) in [4.78, 5) is 9.37. The van der Waals surface area contributed by atoms with Gasteiger partial charge in [0.05, 0.1) is 0 Å². The second-order valence-electron chi connectivity index (χ2n) is 5.08. The maximum atomic E-state index is 9.37. The van der Waals surface area contributed by atoms with E-state index in [9.17, 15) is 4.79 Å². The zero-order chi connectivity index (χ0) is 15.5. The van der Waals surface area contributed by atoms with E-state index in [0.717, 1.165) is 12.8 Å². The minimum atomic E-state index is -0.745. The van der Waals surface area contributed by atoms with Crippen molar-refractivity contribution in [1.29, 1.82) is 0 Å². The second-order valence-corrected chi connectivity index (χ2v) is 5.08. The van der Waals surface area contributed by atoms with Gasteiger partial charge in [-0.15, -0.1) is 0 Å². The molecule has 0 aliphatic rings. The highest BCUT2D eigenvalue weighted by Gasteiger charge is 1.92. The SMILES string of the molecule is CCC(=O)O.OCCCCCCCCCCCCCO. The summed E-state index contributed by atoms with van der Waals surface area (Å²) in [7, 11) is 0. The molecule has 0 unspecified atom stereocenters. The Morgan fingerprint density at radius 1 is 0.650 bits per heavy atom. The van der Waals surface area contributed by atoms with Crippen LogP contribution in [0.4, 0.5) is 0 Å². The van der Waals surface area contributed by atoms with Crippen molar-refractivity contribution in [3.05, 3.63) is 0 Å². The van der Waals surface area contributed by atoms with Gasteiger partial charge >= 0.3 is 5.97 Å². The molecular weight excluding hydrogens is 256 g/mol. The number of rotatable bonds is 13. The van der Waals surface area contributed by atoms with Gasteiger partial charge in [0.2, 0.25) is 0 Å². The summed E-state index contributed by atoms with van der Waals surface area (Å²) in [5.41, 5.74) is 0. The highest BCUT2D eigenvalue weighted by Crippen LogP contribution is 2.10. The van der Waals surface area contributed by atoms with Gasteiger partial charge in [0.25, 0.3) is 0 Å². The summed E-state index contributed by atoms with van der Waals surface area (Å²) < 4.78 is 0. The monoisotopic (exact) mass is 290 g/mol. The molecule has 4 nitrogen and oxygen atoms in total. The van der Waals surface area contributed by atoms with E-state index in [0.29, 0.717) is 13.2 Å². The third kappa shape index (κ3) is 26.1. The van der Waals surface area contributed by atoms with Crippen molar-refractivity contribution in [3.8, 4) is 0 Å². The van der Waals surface area contributed by atoms with Crippen LogP contribution in [0.5, 0.6) is 0 Å². The minimum absolute atomic E-state index is 0.222. The third-order valence-corrected chi connectivity index (χ3v) is 3.12. The molecule has 0 rings (SSSR count). The molecule has 3 N–H and O–H groups in total. The second kappa shape index (κ2) is 20.7. The van der Waals surface area contributed by atoms with Gasteiger partial charge in [-0.1, -0.05) is 64.7 Å². The number of hydrogen-bond acceptors (Lipinski definition) is 3. The number of aliphatic hydroxyl groups is 2. The van der Waals surface area contributed by atoms with Crippen molar-refractivity contribution < 1.29 is 20.1 Å². The predicted molar refractivity (Wildman–Crippen MR) is 82.9 cm³/mol. The van der Waals surface area contributed by atoms with Crippen LogP contribution in [0.25, 0.3) is 0 Å². The number of carbonyl (C=O) groups is 1. The summed E-state index contributed by atoms with van der Waals surface area (Å²) in [5, 5.41) is 24.9. The van der Waals surface area contributed by atoms with Crippen LogP contribution in [-0.4, -0.2) is 34.5 Å². The Labute approximate surface area is 124 Å². The van der Waals surface area contributed by atoms with Gasteiger partial charge in [-0.2, -0.15) is 0 Å². The van der Waals surface area contributed by atoms with Gasteiger partial charge in [0, 0.05) is 19.6 Å². The fourth-order valence-electron chi connectivity index (χ4n) is 1.81. The van der Waals surface area contributed by atoms with E-state index < -0.39 is 5.97 Å². The lowest BCUT2D eigenvalue weighted by Gasteiger charge is -2.01. The zero-order valence-electron chi connectivity index (χ0n) is 13.1. The molecule has 0 aromatic rings. The molecule has 0 aromatic carbocycles. The molecule has 0 aliphatic carbocycles. The van der Waals surface area contributed by atoms with E-state index in [-0.39, 0.29) is 6.42 Å². The molecule has 20 heavy (non-hydrogen) atoms. The molecule has 0 bridgehead atoms. The van der Waals surface area contributed by atoms with E-state index in [2.05, 4.69) is 0 Å². The Morgan fingerprint density at radius 3 is 1.00 bits per heavy atom. The Kier molecular flexibility index (Phi) is 22.4. The number of carboxylic acid groups (broad SMARTS) is 1. The first-order valence-corrected chi connectivity index (χ1v) is 8.12. The van der Waals surface area contributed by atoms with Crippen LogP contribution in [0.15, 0.2) is 0 Å². The molecule has 0 aromatic heterocycles. The molecule has 0 atom stereocenters. The Balaban J connectivity index is 0. The predicted octanol–water partition coefficient (Wildman–Crippen LogP) is 3.74. The zero-order valence-corrected chi connectivity index (χ0v) is 13.1. The van der Waals surface area contributed by atoms with Gasteiger partial charge < -0.3 is 15.3 Å². The fraction of sp³-hybridized carbons (Fsp3) is 0.938. The summed E-state index contributed by atoms with van der Waals surface area (Å²) in [6.07, 6.45) is 13.8. The Morgan fingerprint density at radius 2 is 0.850 bits per heavy atom. The van der Waals surface area contributed by atoms with Gasteiger partial charge in [0.1, 0.15) is 0 Å². The number of unbranched alkanes of at least 4 members (excludes halogenated alkanes) is 10. The van der Waals surface area contributed by atoms with Crippen molar-refractivity contribution in [2.24, 2.45) is 0 Å². The smallest absolute Gasteiger partial charge is 0.303 e. The van der Waals surface area contributed by atoms with E-state index in [1.54, 1.807) is 6.92 Å². The normalized spacial score (nSPS) is 9.95. The number of carboxylic acids is 1. The topological polar surface area (TPSA) is 77.8 Å². The van der Waals surface area contributed by atoms with Crippen LogP contribution in [0, 0.1) is 0 Å². The summed E-state index contributed by atoms with van der Waals surface area (Å²) in [5.74, 6) is -0.745. The molecule has 4 heteroatoms. The van der Waals surface area contributed by atoms with Gasteiger partial charge in [0.15, 0.2) is 0 Å². The summed E-state index contributed by atoms with van der Waals surface area (Å²) >= 11 is 0. The maximum Gasteiger partial charge on any atom is 0.303 e. The van der Waals surface area contributed by atoms with E-state index >= 15 is 0 Å².